The molecule has 4 bridgehead atoms. The summed E-state index contributed by atoms with van der Waals surface area (Å²) in [7, 11) is 0. The molecule has 5 nitrogen and oxygen atoms in total. The van der Waals surface area contributed by atoms with Gasteiger partial charge in [-0.2, -0.15) is 0 Å². The summed E-state index contributed by atoms with van der Waals surface area (Å²) in [5, 5.41) is 3.19. The summed E-state index contributed by atoms with van der Waals surface area (Å²) in [4.78, 5) is 40.3. The van der Waals surface area contributed by atoms with E-state index in [4.69, 9.17) is 11.6 Å². The molecule has 0 aromatic heterocycles. The van der Waals surface area contributed by atoms with Gasteiger partial charge < -0.3 is 5.32 Å². The van der Waals surface area contributed by atoms with E-state index in [0.717, 1.165) is 24.2 Å². The summed E-state index contributed by atoms with van der Waals surface area (Å²) in [5.74, 6) is 1.60. The van der Waals surface area contributed by atoms with E-state index in [1.807, 2.05) is 0 Å². The second-order valence-electron chi connectivity index (χ2n) is 9.55. The molecule has 1 aliphatic heterocycles. The second-order valence-corrected chi connectivity index (χ2v) is 9.95. The van der Waals surface area contributed by atoms with Crippen molar-refractivity contribution >= 4 is 29.3 Å². The molecule has 6 rings (SSSR count). The molecule has 28 heavy (non-hydrogen) atoms. The van der Waals surface area contributed by atoms with Crippen molar-refractivity contribution in [1.82, 2.24) is 10.2 Å². The third-order valence-corrected chi connectivity index (χ3v) is 7.95. The summed E-state index contributed by atoms with van der Waals surface area (Å²) in [6.45, 7) is 1.53. The molecule has 0 radical (unpaired) electrons. The molecule has 1 unspecified atom stereocenters. The molecule has 5 fully saturated rings. The fraction of sp³-hybridized carbons (Fsp3) is 0.591. The molecule has 6 heteroatoms. The predicted molar refractivity (Wildman–Crippen MR) is 105 cm³/mol. The number of hydrogen-bond donors (Lipinski definition) is 1. The normalized spacial score (nSPS) is 38.8. The van der Waals surface area contributed by atoms with Crippen molar-refractivity contribution in [1.29, 1.82) is 0 Å². The molecule has 3 amide bonds. The maximum absolute atomic E-state index is 13.4. The standard InChI is InChI=1S/C22H25ClN2O3/c1-21(16-4-2-3-5-17(16)23)19(27)25(20(28)24-21)12-18(26)22-9-13-6-14(10-22)8-15(7-13)11-22/h2-5,13-15H,6-12H2,1H3,(H,24,28). The number of rotatable bonds is 4. The highest BCUT2D eigenvalue weighted by atomic mass is 35.5. The van der Waals surface area contributed by atoms with Gasteiger partial charge in [-0.25, -0.2) is 4.79 Å². The van der Waals surface area contributed by atoms with Gasteiger partial charge in [-0.15, -0.1) is 0 Å². The van der Waals surface area contributed by atoms with E-state index in [0.29, 0.717) is 28.3 Å². The molecule has 1 saturated heterocycles. The Morgan fingerprint density at radius 1 is 1.11 bits per heavy atom. The molecule has 5 aliphatic rings. The number of urea groups is 1. The molecule has 0 spiro atoms. The zero-order valence-corrected chi connectivity index (χ0v) is 16.8. The van der Waals surface area contributed by atoms with Gasteiger partial charge in [0.15, 0.2) is 5.78 Å². The van der Waals surface area contributed by atoms with Crippen LogP contribution in [-0.4, -0.2) is 29.2 Å². The number of ketones is 1. The lowest BCUT2D eigenvalue weighted by Crippen LogP contribution is -2.53. The Hall–Kier alpha value is -1.88. The van der Waals surface area contributed by atoms with Gasteiger partial charge in [0.05, 0.1) is 6.54 Å². The van der Waals surface area contributed by atoms with Gasteiger partial charge in [0.2, 0.25) is 0 Å². The van der Waals surface area contributed by atoms with Crippen LogP contribution >= 0.6 is 11.6 Å². The monoisotopic (exact) mass is 400 g/mol. The Bertz CT molecular complexity index is 847. The largest absolute Gasteiger partial charge is 0.325 e. The third-order valence-electron chi connectivity index (χ3n) is 7.62. The van der Waals surface area contributed by atoms with E-state index in [9.17, 15) is 14.4 Å². The minimum absolute atomic E-state index is 0.0681. The maximum atomic E-state index is 13.4. The minimum Gasteiger partial charge on any atom is -0.319 e. The van der Waals surface area contributed by atoms with Crippen LogP contribution in [0, 0.1) is 23.2 Å². The van der Waals surface area contributed by atoms with Crippen molar-refractivity contribution in [3.8, 4) is 0 Å². The number of carbonyl (C=O) groups is 3. The average Bonchev–Trinajstić information content (AvgIpc) is 2.85. The fourth-order valence-electron chi connectivity index (χ4n) is 6.65. The van der Waals surface area contributed by atoms with Crippen LogP contribution in [-0.2, 0) is 15.1 Å². The van der Waals surface area contributed by atoms with Gasteiger partial charge in [0.25, 0.3) is 5.91 Å². The minimum atomic E-state index is -1.24. The van der Waals surface area contributed by atoms with Gasteiger partial charge in [0.1, 0.15) is 5.54 Å². The van der Waals surface area contributed by atoms with Crippen molar-refractivity contribution in [3.63, 3.8) is 0 Å². The van der Waals surface area contributed by atoms with Crippen molar-refractivity contribution in [3.05, 3.63) is 34.9 Å². The fourth-order valence-corrected chi connectivity index (χ4v) is 6.98. The van der Waals surface area contributed by atoms with E-state index >= 15 is 0 Å². The van der Waals surface area contributed by atoms with Crippen LogP contribution in [0.3, 0.4) is 0 Å². The van der Waals surface area contributed by atoms with Gasteiger partial charge in [0, 0.05) is 16.0 Å². The Labute approximate surface area is 169 Å². The molecule has 4 aliphatic carbocycles. The first-order chi connectivity index (χ1) is 13.3. The zero-order valence-electron chi connectivity index (χ0n) is 16.0. The molecule has 1 heterocycles. The van der Waals surface area contributed by atoms with E-state index in [1.165, 1.54) is 19.3 Å². The highest BCUT2D eigenvalue weighted by molar-refractivity contribution is 6.32. The summed E-state index contributed by atoms with van der Waals surface area (Å²) in [6.07, 6.45) is 6.55. The van der Waals surface area contributed by atoms with E-state index in [2.05, 4.69) is 5.32 Å². The highest BCUT2D eigenvalue weighted by Gasteiger charge is 2.56. The molecule has 148 valence electrons. The van der Waals surface area contributed by atoms with Crippen molar-refractivity contribution in [2.75, 3.05) is 6.54 Å². The molecular weight excluding hydrogens is 376 g/mol. The summed E-state index contributed by atoms with van der Waals surface area (Å²) in [5.41, 5.74) is -1.00. The van der Waals surface area contributed by atoms with Crippen LogP contribution in [0.1, 0.15) is 51.0 Å². The number of carbonyl (C=O) groups excluding carboxylic acids is 3. The predicted octanol–water partition coefficient (Wildman–Crippen LogP) is 3.89. The highest BCUT2D eigenvalue weighted by Crippen LogP contribution is 2.60. The smallest absolute Gasteiger partial charge is 0.319 e. The number of nitrogens with zero attached hydrogens (tertiary/aromatic N) is 1. The first kappa shape index (κ1) is 18.2. The number of amides is 3. The molecule has 1 atom stereocenters. The van der Waals surface area contributed by atoms with Crippen molar-refractivity contribution in [2.24, 2.45) is 23.2 Å². The zero-order chi connectivity index (χ0) is 19.7. The van der Waals surface area contributed by atoms with Crippen LogP contribution in [0.4, 0.5) is 4.79 Å². The Morgan fingerprint density at radius 3 is 2.25 bits per heavy atom. The Balaban J connectivity index is 1.39. The molecule has 4 saturated carbocycles. The number of hydrogen-bond acceptors (Lipinski definition) is 3. The number of benzene rings is 1. The number of Topliss-reactive ketones (excluding diaryl/α,β-unsaturated/α-hetero) is 1. The third kappa shape index (κ3) is 2.55. The Morgan fingerprint density at radius 2 is 1.68 bits per heavy atom. The Kier molecular flexibility index (Phi) is 3.93. The van der Waals surface area contributed by atoms with Crippen LogP contribution < -0.4 is 5.32 Å². The molecule has 1 aromatic carbocycles. The number of halogens is 1. The lowest BCUT2D eigenvalue weighted by atomic mass is 9.48. The van der Waals surface area contributed by atoms with Gasteiger partial charge in [-0.05, 0) is 69.3 Å². The van der Waals surface area contributed by atoms with Crippen molar-refractivity contribution in [2.45, 2.75) is 51.0 Å². The van der Waals surface area contributed by atoms with Crippen LogP contribution in [0.15, 0.2) is 24.3 Å². The lowest BCUT2D eigenvalue weighted by molar-refractivity contribution is -0.147. The van der Waals surface area contributed by atoms with Gasteiger partial charge in [-0.3, -0.25) is 14.5 Å². The van der Waals surface area contributed by atoms with Crippen LogP contribution in [0.2, 0.25) is 5.02 Å². The van der Waals surface area contributed by atoms with E-state index in [-0.39, 0.29) is 17.7 Å². The first-order valence-corrected chi connectivity index (χ1v) is 10.6. The lowest BCUT2D eigenvalue weighted by Gasteiger charge is -2.56. The maximum Gasteiger partial charge on any atom is 0.325 e. The van der Waals surface area contributed by atoms with Crippen LogP contribution in [0.5, 0.6) is 0 Å². The topological polar surface area (TPSA) is 66.5 Å². The van der Waals surface area contributed by atoms with Gasteiger partial charge >= 0.3 is 6.03 Å². The molecular formula is C22H25ClN2O3. The van der Waals surface area contributed by atoms with E-state index in [1.54, 1.807) is 31.2 Å². The van der Waals surface area contributed by atoms with E-state index < -0.39 is 17.5 Å². The first-order valence-electron chi connectivity index (χ1n) is 10.2. The second kappa shape index (κ2) is 6.06. The van der Waals surface area contributed by atoms with Crippen molar-refractivity contribution < 1.29 is 14.4 Å². The summed E-state index contributed by atoms with van der Waals surface area (Å²) < 4.78 is 0. The molecule has 1 aromatic rings. The molecule has 1 N–H and O–H groups in total. The summed E-state index contributed by atoms with van der Waals surface area (Å²) in [6, 6.07) is 6.50. The summed E-state index contributed by atoms with van der Waals surface area (Å²) >= 11 is 6.28. The quantitative estimate of drug-likeness (QED) is 0.779. The SMILES string of the molecule is CC1(c2ccccc2Cl)NC(=O)N(CC(=O)C23CC4CC(CC(C4)C2)C3)C1=O. The number of imide groups is 1. The number of nitrogens with one attached hydrogen (secondary N) is 1. The van der Waals surface area contributed by atoms with Crippen LogP contribution in [0.25, 0.3) is 0 Å². The average molecular weight is 401 g/mol. The van der Waals surface area contributed by atoms with Gasteiger partial charge in [-0.1, -0.05) is 29.8 Å².